The van der Waals surface area contributed by atoms with Gasteiger partial charge in [0.1, 0.15) is 16.8 Å². The van der Waals surface area contributed by atoms with Crippen molar-refractivity contribution in [3.63, 3.8) is 0 Å². The minimum absolute atomic E-state index is 0.0778. The van der Waals surface area contributed by atoms with Gasteiger partial charge in [-0.3, -0.25) is 9.59 Å². The van der Waals surface area contributed by atoms with E-state index < -0.39 is 27.9 Å². The summed E-state index contributed by atoms with van der Waals surface area (Å²) in [6, 6.07) is 5.40. The Balaban J connectivity index is 1.80. The third-order valence-electron chi connectivity index (χ3n) is 5.76. The van der Waals surface area contributed by atoms with E-state index in [-0.39, 0.29) is 22.1 Å². The second-order valence-electron chi connectivity index (χ2n) is 7.86. The molecule has 3 aromatic rings. The zero-order chi connectivity index (χ0) is 26.0. The number of thiophene rings is 1. The molecule has 1 atom stereocenters. The average Bonchev–Trinajstić information content (AvgIpc) is 3.46. The third kappa shape index (κ3) is 5.16. The molecule has 1 saturated heterocycles. The Labute approximate surface area is 220 Å². The first-order chi connectivity index (χ1) is 17.2. The smallest absolute Gasteiger partial charge is 0.325 e. The van der Waals surface area contributed by atoms with Crippen molar-refractivity contribution in [3.8, 4) is 11.5 Å². The van der Waals surface area contributed by atoms with E-state index in [0.29, 0.717) is 45.3 Å². The zero-order valence-electron chi connectivity index (χ0n) is 19.7. The Morgan fingerprint density at radius 1 is 1.11 bits per heavy atom. The number of fused-ring (bicyclic) bond motifs is 1. The first-order valence-electron chi connectivity index (χ1n) is 10.9. The lowest BCUT2D eigenvalue weighted by molar-refractivity contribution is -0.141. The van der Waals surface area contributed by atoms with Crippen LogP contribution in [0.15, 0.2) is 33.5 Å². The highest BCUT2D eigenvalue weighted by molar-refractivity contribution is 7.91. The fraction of sp³-hybridized carbons (Fsp3) is 0.409. The fourth-order valence-electron chi connectivity index (χ4n) is 3.99. The summed E-state index contributed by atoms with van der Waals surface area (Å²) >= 11 is 8.08. The molecule has 0 N–H and O–H groups in total. The Morgan fingerprint density at radius 2 is 1.83 bits per heavy atom. The van der Waals surface area contributed by atoms with Gasteiger partial charge in [-0.1, -0.05) is 29.4 Å². The predicted octanol–water partition coefficient (Wildman–Crippen LogP) is 3.28. The summed E-state index contributed by atoms with van der Waals surface area (Å²) in [5.74, 6) is -0.216. The lowest BCUT2D eigenvalue weighted by atomic mass is 10.0. The quantitative estimate of drug-likeness (QED) is 0.398. The molecule has 1 unspecified atom stereocenters. The van der Waals surface area contributed by atoms with Gasteiger partial charge in [-0.15, -0.1) is 11.3 Å². The molecule has 0 radical (unpaired) electrons. The number of amides is 1. The van der Waals surface area contributed by atoms with Gasteiger partial charge in [0.05, 0.1) is 35.9 Å². The maximum absolute atomic E-state index is 13.4. The molecule has 0 bridgehead atoms. The monoisotopic (exact) mass is 573 g/mol. The van der Waals surface area contributed by atoms with Crippen molar-refractivity contribution in [2.24, 2.45) is 4.99 Å². The van der Waals surface area contributed by atoms with Gasteiger partial charge in [-0.05, 0) is 25.0 Å². The predicted molar refractivity (Wildman–Crippen MR) is 136 cm³/mol. The van der Waals surface area contributed by atoms with Crippen LogP contribution in [-0.4, -0.2) is 63.1 Å². The first kappa shape index (κ1) is 26.6. The number of hydrogen-bond donors (Lipinski definition) is 0. The van der Waals surface area contributed by atoms with Crippen molar-refractivity contribution in [1.29, 1.82) is 0 Å². The van der Waals surface area contributed by atoms with Crippen molar-refractivity contribution < 1.29 is 32.2 Å². The number of hydrogen-bond acceptors (Lipinski definition) is 9. The lowest BCUT2D eigenvalue weighted by Gasteiger charge is -2.31. The minimum Gasteiger partial charge on any atom is -0.493 e. The second-order valence-corrected chi connectivity index (χ2v) is 12.7. The van der Waals surface area contributed by atoms with Crippen LogP contribution >= 0.6 is 34.3 Å². The number of nitrogens with zero attached hydrogens (tertiary/aromatic N) is 3. The minimum atomic E-state index is -3.93. The van der Waals surface area contributed by atoms with Gasteiger partial charge in [-0.25, -0.2) is 8.42 Å². The SMILES string of the molecule is COC(=O)Cn1c(=NC(=O)C2CCCCN2S(=O)(=O)c2ccc(Cl)s2)sc2cc(OC)c(OC)cc21. The van der Waals surface area contributed by atoms with Crippen molar-refractivity contribution in [3.05, 3.63) is 33.4 Å². The number of rotatable bonds is 7. The standard InChI is InChI=1S/C22H24ClN3O7S3/c1-31-15-10-14-17(11-16(15)32-2)34-22(25(14)12-19(27)33-3)24-21(28)13-6-4-5-9-26(13)36(29,30)20-8-7-18(23)35-20/h7-8,10-11,13H,4-6,9,12H2,1-3H3. The molecule has 14 heteroatoms. The van der Waals surface area contributed by atoms with Crippen LogP contribution in [0, 0.1) is 0 Å². The molecule has 0 saturated carbocycles. The third-order valence-corrected chi connectivity index (χ3v) is 10.4. The van der Waals surface area contributed by atoms with Gasteiger partial charge in [-0.2, -0.15) is 9.30 Å². The summed E-state index contributed by atoms with van der Waals surface area (Å²) in [5, 5.41) is 0. The van der Waals surface area contributed by atoms with Gasteiger partial charge >= 0.3 is 5.97 Å². The largest absolute Gasteiger partial charge is 0.493 e. The van der Waals surface area contributed by atoms with Crippen LogP contribution in [0.4, 0.5) is 0 Å². The van der Waals surface area contributed by atoms with E-state index in [1.165, 1.54) is 49.1 Å². The molecule has 0 spiro atoms. The molecule has 1 amide bonds. The summed E-state index contributed by atoms with van der Waals surface area (Å²) in [5.41, 5.74) is 0.593. The van der Waals surface area contributed by atoms with Gasteiger partial charge in [0.25, 0.3) is 15.9 Å². The van der Waals surface area contributed by atoms with Crippen molar-refractivity contribution in [1.82, 2.24) is 8.87 Å². The Kier molecular flexibility index (Phi) is 8.05. The number of methoxy groups -OCH3 is 3. The number of piperidine rings is 1. The molecule has 4 rings (SSSR count). The Bertz CT molecular complexity index is 1480. The summed E-state index contributed by atoms with van der Waals surface area (Å²) < 4.78 is 46.0. The van der Waals surface area contributed by atoms with E-state index in [1.54, 1.807) is 16.7 Å². The van der Waals surface area contributed by atoms with E-state index >= 15 is 0 Å². The van der Waals surface area contributed by atoms with E-state index in [0.717, 1.165) is 11.3 Å². The summed E-state index contributed by atoms with van der Waals surface area (Å²) in [6.07, 6.45) is 1.66. The van der Waals surface area contributed by atoms with Gasteiger partial charge in [0.15, 0.2) is 16.3 Å². The van der Waals surface area contributed by atoms with E-state index in [1.807, 2.05) is 0 Å². The number of aromatic nitrogens is 1. The normalized spacial score (nSPS) is 17.3. The average molecular weight is 574 g/mol. The van der Waals surface area contributed by atoms with E-state index in [2.05, 4.69) is 4.99 Å². The molecule has 36 heavy (non-hydrogen) atoms. The molecule has 3 heterocycles. The van der Waals surface area contributed by atoms with Crippen LogP contribution in [0.3, 0.4) is 0 Å². The van der Waals surface area contributed by atoms with Crippen molar-refractivity contribution in [2.45, 2.75) is 36.1 Å². The number of ether oxygens (including phenoxy) is 3. The molecule has 1 aliphatic heterocycles. The van der Waals surface area contributed by atoms with Gasteiger partial charge in [0, 0.05) is 18.7 Å². The van der Waals surface area contributed by atoms with E-state index in [4.69, 9.17) is 25.8 Å². The van der Waals surface area contributed by atoms with Crippen molar-refractivity contribution in [2.75, 3.05) is 27.9 Å². The number of carbonyl (C=O) groups excluding carboxylic acids is 2. The molecule has 1 fully saturated rings. The van der Waals surface area contributed by atoms with Gasteiger partial charge in [0.2, 0.25) is 0 Å². The highest BCUT2D eigenvalue weighted by atomic mass is 35.5. The lowest BCUT2D eigenvalue weighted by Crippen LogP contribution is -2.47. The molecular weight excluding hydrogens is 550 g/mol. The van der Waals surface area contributed by atoms with Gasteiger partial charge < -0.3 is 18.8 Å². The summed E-state index contributed by atoms with van der Waals surface area (Å²) in [6.45, 7) is 0.00518. The molecule has 194 valence electrons. The number of sulfonamides is 1. The Morgan fingerprint density at radius 3 is 2.47 bits per heavy atom. The summed E-state index contributed by atoms with van der Waals surface area (Å²) in [7, 11) is 0.343. The molecular formula is C22H24ClN3O7S3. The molecule has 1 aliphatic rings. The number of benzene rings is 1. The highest BCUT2D eigenvalue weighted by Crippen LogP contribution is 2.34. The number of thiazole rings is 1. The fourth-order valence-corrected chi connectivity index (χ4v) is 8.30. The second kappa shape index (κ2) is 10.9. The van der Waals surface area contributed by atoms with Crippen LogP contribution < -0.4 is 14.3 Å². The van der Waals surface area contributed by atoms with E-state index in [9.17, 15) is 18.0 Å². The number of carbonyl (C=O) groups is 2. The zero-order valence-corrected chi connectivity index (χ0v) is 22.9. The molecule has 1 aromatic carbocycles. The molecule has 2 aromatic heterocycles. The summed E-state index contributed by atoms with van der Waals surface area (Å²) in [4.78, 5) is 30.1. The van der Waals surface area contributed by atoms with Crippen LogP contribution in [-0.2, 0) is 30.9 Å². The first-order valence-corrected chi connectivity index (χ1v) is 14.3. The van der Waals surface area contributed by atoms with Crippen LogP contribution in [0.25, 0.3) is 10.2 Å². The van der Waals surface area contributed by atoms with Crippen LogP contribution in [0.2, 0.25) is 4.34 Å². The highest BCUT2D eigenvalue weighted by Gasteiger charge is 2.38. The number of esters is 1. The van der Waals surface area contributed by atoms with Crippen molar-refractivity contribution >= 4 is 66.4 Å². The molecule has 0 aliphatic carbocycles. The maximum Gasteiger partial charge on any atom is 0.325 e. The Hall–Kier alpha value is -2.45. The van der Waals surface area contributed by atoms with Crippen LogP contribution in [0.5, 0.6) is 11.5 Å². The topological polar surface area (TPSA) is 116 Å². The molecule has 10 nitrogen and oxygen atoms in total. The maximum atomic E-state index is 13.4. The number of halogens is 1. The van der Waals surface area contributed by atoms with Crippen LogP contribution in [0.1, 0.15) is 19.3 Å².